The first-order valence-electron chi connectivity index (χ1n) is 5.45. The van der Waals surface area contributed by atoms with E-state index in [9.17, 15) is 9.59 Å². The van der Waals surface area contributed by atoms with E-state index < -0.39 is 11.2 Å². The van der Waals surface area contributed by atoms with Crippen molar-refractivity contribution < 1.29 is 4.74 Å². The van der Waals surface area contributed by atoms with Gasteiger partial charge in [-0.2, -0.15) is 0 Å². The lowest BCUT2D eigenvalue weighted by molar-refractivity contribution is -0.0280. The van der Waals surface area contributed by atoms with Crippen LogP contribution in [-0.4, -0.2) is 47.3 Å². The van der Waals surface area contributed by atoms with Crippen LogP contribution < -0.4 is 17.0 Å². The maximum atomic E-state index is 11.5. The highest BCUT2D eigenvalue weighted by Gasteiger charge is 2.18. The molecule has 7 heteroatoms. The van der Waals surface area contributed by atoms with E-state index >= 15 is 0 Å². The lowest BCUT2D eigenvalue weighted by Crippen LogP contribution is -2.44. The molecule has 0 amide bonds. The Morgan fingerprint density at radius 3 is 3.06 bits per heavy atom. The summed E-state index contributed by atoms with van der Waals surface area (Å²) in [5.41, 5.74) is 4.50. The van der Waals surface area contributed by atoms with Crippen LogP contribution in [0.25, 0.3) is 0 Å². The molecule has 1 fully saturated rings. The number of rotatable bonds is 2. The number of nitrogens with zero attached hydrogens (tertiary/aromatic N) is 2. The van der Waals surface area contributed by atoms with Crippen LogP contribution in [0.5, 0.6) is 0 Å². The van der Waals surface area contributed by atoms with Gasteiger partial charge in [-0.1, -0.05) is 0 Å². The van der Waals surface area contributed by atoms with Gasteiger partial charge in [0.2, 0.25) is 0 Å². The van der Waals surface area contributed by atoms with E-state index in [0.29, 0.717) is 13.2 Å². The number of morpholine rings is 1. The van der Waals surface area contributed by atoms with E-state index in [-0.39, 0.29) is 11.8 Å². The highest BCUT2D eigenvalue weighted by atomic mass is 16.5. The summed E-state index contributed by atoms with van der Waals surface area (Å²) < 4.78 is 6.92. The number of aromatic amines is 1. The van der Waals surface area contributed by atoms with Crippen LogP contribution in [0.2, 0.25) is 0 Å². The number of anilines is 1. The molecular formula is C10H16N4O3. The van der Waals surface area contributed by atoms with Gasteiger partial charge >= 0.3 is 5.69 Å². The molecule has 1 atom stereocenters. The lowest BCUT2D eigenvalue weighted by atomic mass is 10.3. The largest absolute Gasteiger partial charge is 0.393 e. The molecule has 0 spiro atoms. The Kier molecular flexibility index (Phi) is 3.30. The molecule has 1 aliphatic heterocycles. The molecule has 1 aromatic rings. The van der Waals surface area contributed by atoms with E-state index in [1.165, 1.54) is 10.8 Å². The quantitative estimate of drug-likeness (QED) is 0.652. The number of nitrogens with one attached hydrogen (secondary N) is 1. The van der Waals surface area contributed by atoms with Gasteiger partial charge in [0.15, 0.2) is 0 Å². The van der Waals surface area contributed by atoms with Crippen molar-refractivity contribution in [2.75, 3.05) is 32.5 Å². The fraction of sp³-hybridized carbons (Fsp3) is 0.600. The van der Waals surface area contributed by atoms with Crippen molar-refractivity contribution in [2.45, 2.75) is 12.6 Å². The molecule has 0 aliphatic carbocycles. The third-order valence-corrected chi connectivity index (χ3v) is 2.78. The van der Waals surface area contributed by atoms with Crippen molar-refractivity contribution in [2.24, 2.45) is 0 Å². The number of likely N-dealkylation sites (N-methyl/N-ethyl adjacent to an activating group) is 1. The summed E-state index contributed by atoms with van der Waals surface area (Å²) in [5.74, 6) is 0. The summed E-state index contributed by atoms with van der Waals surface area (Å²) in [6.45, 7) is 2.68. The molecule has 3 N–H and O–H groups in total. The summed E-state index contributed by atoms with van der Waals surface area (Å²) in [7, 11) is 2.00. The highest BCUT2D eigenvalue weighted by Crippen LogP contribution is 2.04. The van der Waals surface area contributed by atoms with Crippen molar-refractivity contribution >= 4 is 5.69 Å². The number of hydrogen-bond acceptors (Lipinski definition) is 5. The van der Waals surface area contributed by atoms with Crippen LogP contribution >= 0.6 is 0 Å². The molecule has 1 saturated heterocycles. The monoisotopic (exact) mass is 240 g/mol. The van der Waals surface area contributed by atoms with Crippen LogP contribution in [0, 0.1) is 0 Å². The number of hydrogen-bond donors (Lipinski definition) is 2. The number of nitrogens with two attached hydrogens (primary N) is 1. The Morgan fingerprint density at radius 1 is 1.59 bits per heavy atom. The van der Waals surface area contributed by atoms with E-state index in [4.69, 9.17) is 10.5 Å². The van der Waals surface area contributed by atoms with E-state index in [0.717, 1.165) is 13.1 Å². The summed E-state index contributed by atoms with van der Waals surface area (Å²) in [4.78, 5) is 26.9. The minimum atomic E-state index is -0.548. The predicted molar refractivity (Wildman–Crippen MR) is 63.0 cm³/mol. The Balaban J connectivity index is 2.16. The van der Waals surface area contributed by atoms with E-state index in [2.05, 4.69) is 9.88 Å². The molecule has 17 heavy (non-hydrogen) atoms. The third kappa shape index (κ3) is 2.75. The van der Waals surface area contributed by atoms with Crippen molar-refractivity contribution in [1.29, 1.82) is 0 Å². The van der Waals surface area contributed by atoms with Gasteiger partial charge in [0.1, 0.15) is 5.69 Å². The Morgan fingerprint density at radius 2 is 2.35 bits per heavy atom. The Bertz CT molecular complexity index is 507. The zero-order valence-electron chi connectivity index (χ0n) is 9.68. The molecule has 2 rings (SSSR count). The van der Waals surface area contributed by atoms with Gasteiger partial charge in [-0.15, -0.1) is 0 Å². The maximum Gasteiger partial charge on any atom is 0.328 e. The molecule has 0 saturated carbocycles. The van der Waals surface area contributed by atoms with Gasteiger partial charge in [0, 0.05) is 19.3 Å². The Labute approximate surface area is 97.8 Å². The van der Waals surface area contributed by atoms with Gasteiger partial charge < -0.3 is 15.4 Å². The molecule has 2 heterocycles. The summed E-state index contributed by atoms with van der Waals surface area (Å²) in [5, 5.41) is 0. The molecule has 7 nitrogen and oxygen atoms in total. The summed E-state index contributed by atoms with van der Waals surface area (Å²) in [6.07, 6.45) is 1.30. The topological polar surface area (TPSA) is 93.3 Å². The number of aromatic nitrogens is 2. The van der Waals surface area contributed by atoms with Gasteiger partial charge in [0.25, 0.3) is 5.56 Å². The summed E-state index contributed by atoms with van der Waals surface area (Å²) >= 11 is 0. The second kappa shape index (κ2) is 4.72. The normalized spacial score (nSPS) is 21.6. The zero-order valence-corrected chi connectivity index (χ0v) is 9.68. The van der Waals surface area contributed by atoms with E-state index in [1.807, 2.05) is 7.05 Å². The fourth-order valence-electron chi connectivity index (χ4n) is 1.86. The minimum absolute atomic E-state index is 0.0359. The SMILES string of the molecule is CN1CCOC(Cn2cc(N)c(=O)[nH]c2=O)C1. The van der Waals surface area contributed by atoms with Crippen molar-refractivity contribution in [3.8, 4) is 0 Å². The van der Waals surface area contributed by atoms with E-state index in [1.54, 1.807) is 0 Å². The molecule has 1 aromatic heterocycles. The molecule has 1 unspecified atom stereocenters. The highest BCUT2D eigenvalue weighted by molar-refractivity contribution is 5.30. The first-order valence-corrected chi connectivity index (χ1v) is 5.45. The second-order valence-electron chi connectivity index (χ2n) is 4.25. The first kappa shape index (κ1) is 11.9. The first-order chi connectivity index (χ1) is 8.06. The van der Waals surface area contributed by atoms with Gasteiger partial charge in [-0.25, -0.2) is 4.79 Å². The standard InChI is InChI=1S/C10H16N4O3/c1-13-2-3-17-7(4-13)5-14-6-8(11)9(15)12-10(14)16/h6-7H,2-5,11H2,1H3,(H,12,15,16). The van der Waals surface area contributed by atoms with Crippen LogP contribution in [0.3, 0.4) is 0 Å². The average Bonchev–Trinajstić information content (AvgIpc) is 2.26. The lowest BCUT2D eigenvalue weighted by Gasteiger charge is -2.30. The second-order valence-corrected chi connectivity index (χ2v) is 4.25. The molecule has 0 bridgehead atoms. The number of H-pyrrole nitrogens is 1. The predicted octanol–water partition coefficient (Wildman–Crippen LogP) is -1.55. The molecule has 0 radical (unpaired) electrons. The number of nitrogen functional groups attached to an aromatic ring is 1. The maximum absolute atomic E-state index is 11.5. The fourth-order valence-corrected chi connectivity index (χ4v) is 1.86. The van der Waals surface area contributed by atoms with Crippen LogP contribution in [0.1, 0.15) is 0 Å². The van der Waals surface area contributed by atoms with Crippen LogP contribution in [0.15, 0.2) is 15.8 Å². The van der Waals surface area contributed by atoms with Crippen LogP contribution in [0.4, 0.5) is 5.69 Å². The minimum Gasteiger partial charge on any atom is -0.393 e. The smallest absolute Gasteiger partial charge is 0.328 e. The van der Waals surface area contributed by atoms with Crippen molar-refractivity contribution in [3.63, 3.8) is 0 Å². The third-order valence-electron chi connectivity index (χ3n) is 2.78. The number of ether oxygens (including phenoxy) is 1. The average molecular weight is 240 g/mol. The molecule has 1 aliphatic rings. The van der Waals surface area contributed by atoms with Gasteiger partial charge in [-0.05, 0) is 7.05 Å². The summed E-state index contributed by atoms with van der Waals surface area (Å²) in [6, 6.07) is 0. The van der Waals surface area contributed by atoms with Gasteiger partial charge in [0.05, 0.1) is 19.3 Å². The molecule has 94 valence electrons. The zero-order chi connectivity index (χ0) is 12.4. The van der Waals surface area contributed by atoms with Gasteiger partial charge in [-0.3, -0.25) is 14.3 Å². The Hall–Kier alpha value is -1.60. The van der Waals surface area contributed by atoms with Crippen LogP contribution in [-0.2, 0) is 11.3 Å². The van der Waals surface area contributed by atoms with Crippen molar-refractivity contribution in [1.82, 2.24) is 14.5 Å². The van der Waals surface area contributed by atoms with Crippen molar-refractivity contribution in [3.05, 3.63) is 27.0 Å². The molecule has 0 aromatic carbocycles. The molecular weight excluding hydrogens is 224 g/mol.